The molecule has 1 heterocycles. The molecule has 0 atom stereocenters. The molecule has 0 aliphatic carbocycles. The van der Waals surface area contributed by atoms with E-state index in [1.807, 2.05) is 31.2 Å². The highest BCUT2D eigenvalue weighted by atomic mass is 32.2. The minimum atomic E-state index is -5.08. The molecule has 3 aromatic carbocycles. The van der Waals surface area contributed by atoms with Crippen LogP contribution in [0.2, 0.25) is 0 Å². The molecule has 1 saturated heterocycles. The number of ether oxygens (including phenoxy) is 1. The molecule has 4 rings (SSSR count). The maximum atomic E-state index is 13.2. The number of methoxy groups -OCH3 is 1. The largest absolute Gasteiger partial charge is 0.497 e. The number of sulfonamides is 1. The van der Waals surface area contributed by atoms with Crippen molar-refractivity contribution in [1.82, 2.24) is 10.6 Å². The summed E-state index contributed by atoms with van der Waals surface area (Å²) < 4.78 is 65.9. The zero-order valence-corrected chi connectivity index (χ0v) is 23.7. The first kappa shape index (κ1) is 32.2. The lowest BCUT2D eigenvalue weighted by atomic mass is 10.1. The fraction of sp³-hybridized carbons (Fsp3) is 0.286. The molecule has 42 heavy (non-hydrogen) atoms. The van der Waals surface area contributed by atoms with Crippen LogP contribution >= 0.6 is 0 Å². The van der Waals surface area contributed by atoms with Crippen molar-refractivity contribution in [2.45, 2.75) is 24.5 Å². The number of alkyl halides is 3. The van der Waals surface area contributed by atoms with E-state index < -0.39 is 22.2 Å². The molecule has 226 valence electrons. The molecular weight excluding hydrogens is 577 g/mol. The Morgan fingerprint density at radius 2 is 1.67 bits per heavy atom. The van der Waals surface area contributed by atoms with Gasteiger partial charge in [-0.2, -0.15) is 13.2 Å². The average Bonchev–Trinajstić information content (AvgIpc) is 2.96. The van der Waals surface area contributed by atoms with Crippen LogP contribution in [0.3, 0.4) is 0 Å². The van der Waals surface area contributed by atoms with Crippen LogP contribution in [-0.2, 0) is 21.4 Å². The molecule has 3 aromatic rings. The van der Waals surface area contributed by atoms with Crippen LogP contribution < -0.4 is 25.0 Å². The van der Waals surface area contributed by atoms with Crippen LogP contribution in [0.1, 0.15) is 21.5 Å². The number of piperazine rings is 1. The number of aliphatic carboxylic acids is 1. The van der Waals surface area contributed by atoms with Gasteiger partial charge in [0.2, 0.25) is 0 Å². The Morgan fingerprint density at radius 1 is 1.02 bits per heavy atom. The molecule has 0 unspecified atom stereocenters. The minimum absolute atomic E-state index is 0.110. The van der Waals surface area contributed by atoms with Crippen LogP contribution in [0.4, 0.5) is 24.5 Å². The van der Waals surface area contributed by atoms with Crippen molar-refractivity contribution in [3.05, 3.63) is 83.4 Å². The number of halogens is 3. The van der Waals surface area contributed by atoms with Gasteiger partial charge >= 0.3 is 12.1 Å². The maximum absolute atomic E-state index is 13.2. The predicted molar refractivity (Wildman–Crippen MR) is 151 cm³/mol. The first-order valence-corrected chi connectivity index (χ1v) is 14.2. The van der Waals surface area contributed by atoms with E-state index in [-0.39, 0.29) is 10.8 Å². The number of carboxylic acid groups (broad SMARTS) is 1. The lowest BCUT2D eigenvalue weighted by Crippen LogP contribution is -2.43. The summed E-state index contributed by atoms with van der Waals surface area (Å²) >= 11 is 0. The number of carbonyl (C=O) groups excluding carboxylic acids is 1. The standard InChI is InChI=1S/C26H30N4O4S.C2HF3O2/c1-19-4-3-5-20(16-19)18-28-26(31)21-6-11-25(30-14-12-27-13-15-30)24(17-21)29-35(32,33)23-9-7-22(34-2)8-10-23;3-2(4,5)1(6)7/h3-11,16-17,27,29H,12-15,18H2,1-2H3,(H,28,31);(H,6,7). The van der Waals surface area contributed by atoms with Gasteiger partial charge in [0.25, 0.3) is 15.9 Å². The van der Waals surface area contributed by atoms with E-state index in [4.69, 9.17) is 14.6 Å². The summed E-state index contributed by atoms with van der Waals surface area (Å²) in [6.45, 7) is 5.44. The SMILES string of the molecule is COc1ccc(S(=O)(=O)Nc2cc(C(=O)NCc3cccc(C)c3)ccc2N2CCNCC2)cc1.O=C(O)C(F)(F)F. The number of hydrogen-bond acceptors (Lipinski definition) is 7. The summed E-state index contributed by atoms with van der Waals surface area (Å²) in [6, 6.07) is 19.2. The number of carbonyl (C=O) groups is 2. The fourth-order valence-electron chi connectivity index (χ4n) is 4.01. The van der Waals surface area contributed by atoms with Gasteiger partial charge in [0.15, 0.2) is 0 Å². The summed E-state index contributed by atoms with van der Waals surface area (Å²) in [4.78, 5) is 24.0. The second-order valence-electron chi connectivity index (χ2n) is 9.22. The number of nitrogens with zero attached hydrogens (tertiary/aromatic N) is 1. The van der Waals surface area contributed by atoms with Crippen molar-refractivity contribution in [2.75, 3.05) is 42.9 Å². The minimum Gasteiger partial charge on any atom is -0.497 e. The van der Waals surface area contributed by atoms with Crippen LogP contribution in [0, 0.1) is 6.92 Å². The molecule has 0 aromatic heterocycles. The predicted octanol–water partition coefficient (Wildman–Crippen LogP) is 3.78. The molecular formula is C28H31F3N4O6S. The topological polar surface area (TPSA) is 137 Å². The monoisotopic (exact) mass is 608 g/mol. The Hall–Kier alpha value is -4.30. The molecule has 10 nitrogen and oxygen atoms in total. The third-order valence-corrected chi connectivity index (χ3v) is 7.49. The zero-order valence-electron chi connectivity index (χ0n) is 22.9. The number of nitrogens with one attached hydrogen (secondary N) is 3. The van der Waals surface area contributed by atoms with Gasteiger partial charge in [-0.05, 0) is 55.0 Å². The molecule has 4 N–H and O–H groups in total. The van der Waals surface area contributed by atoms with Gasteiger partial charge in [-0.15, -0.1) is 0 Å². The van der Waals surface area contributed by atoms with E-state index >= 15 is 0 Å². The molecule has 0 spiro atoms. The third-order valence-electron chi connectivity index (χ3n) is 6.11. The Bertz CT molecular complexity index is 1490. The first-order chi connectivity index (χ1) is 19.8. The number of anilines is 2. The van der Waals surface area contributed by atoms with Crippen molar-refractivity contribution in [1.29, 1.82) is 0 Å². The van der Waals surface area contributed by atoms with Gasteiger partial charge in [0.1, 0.15) is 5.75 Å². The number of hydrogen-bond donors (Lipinski definition) is 4. The number of rotatable bonds is 8. The van der Waals surface area contributed by atoms with Gasteiger partial charge in [0, 0.05) is 38.3 Å². The Balaban J connectivity index is 0.000000616. The fourth-order valence-corrected chi connectivity index (χ4v) is 5.07. The van der Waals surface area contributed by atoms with Crippen molar-refractivity contribution in [2.24, 2.45) is 0 Å². The number of benzene rings is 3. The molecule has 0 bridgehead atoms. The summed E-state index contributed by atoms with van der Waals surface area (Å²) in [5.41, 5.74) is 3.59. The second kappa shape index (κ2) is 14.0. The zero-order chi connectivity index (χ0) is 30.9. The molecule has 1 fully saturated rings. The number of carboxylic acids is 1. The van der Waals surface area contributed by atoms with E-state index in [1.54, 1.807) is 30.3 Å². The first-order valence-electron chi connectivity index (χ1n) is 12.7. The molecule has 1 amide bonds. The normalized spacial score (nSPS) is 13.4. The Labute approximate surface area is 241 Å². The van der Waals surface area contributed by atoms with Gasteiger partial charge < -0.3 is 25.4 Å². The summed E-state index contributed by atoms with van der Waals surface area (Å²) in [7, 11) is -2.36. The van der Waals surface area contributed by atoms with Crippen molar-refractivity contribution in [3.8, 4) is 5.75 Å². The highest BCUT2D eigenvalue weighted by Crippen LogP contribution is 2.30. The molecule has 0 radical (unpaired) electrons. The van der Waals surface area contributed by atoms with E-state index in [2.05, 4.69) is 20.3 Å². The van der Waals surface area contributed by atoms with Crippen LogP contribution in [-0.4, -0.2) is 64.9 Å². The summed E-state index contributed by atoms with van der Waals surface area (Å²) in [5.74, 6) is -2.46. The average molecular weight is 609 g/mol. The highest BCUT2D eigenvalue weighted by molar-refractivity contribution is 7.92. The van der Waals surface area contributed by atoms with Crippen molar-refractivity contribution in [3.63, 3.8) is 0 Å². The van der Waals surface area contributed by atoms with E-state index in [9.17, 15) is 26.4 Å². The van der Waals surface area contributed by atoms with Crippen LogP contribution in [0.5, 0.6) is 5.75 Å². The van der Waals surface area contributed by atoms with E-state index in [1.165, 1.54) is 19.2 Å². The van der Waals surface area contributed by atoms with Crippen LogP contribution in [0.15, 0.2) is 71.6 Å². The van der Waals surface area contributed by atoms with Gasteiger partial charge in [-0.1, -0.05) is 29.8 Å². The summed E-state index contributed by atoms with van der Waals surface area (Å²) in [5, 5.41) is 13.3. The number of aryl methyl sites for hydroxylation is 1. The molecule has 1 aliphatic rings. The maximum Gasteiger partial charge on any atom is 0.490 e. The third kappa shape index (κ3) is 9.11. The smallest absolute Gasteiger partial charge is 0.490 e. The Morgan fingerprint density at radius 3 is 2.24 bits per heavy atom. The van der Waals surface area contributed by atoms with Gasteiger partial charge in [-0.3, -0.25) is 9.52 Å². The number of amides is 1. The molecule has 0 saturated carbocycles. The van der Waals surface area contributed by atoms with Gasteiger partial charge in [-0.25, -0.2) is 13.2 Å². The van der Waals surface area contributed by atoms with Gasteiger partial charge in [0.05, 0.1) is 23.4 Å². The van der Waals surface area contributed by atoms with Crippen LogP contribution in [0.25, 0.3) is 0 Å². The second-order valence-corrected chi connectivity index (χ2v) is 10.9. The summed E-state index contributed by atoms with van der Waals surface area (Å²) in [6.07, 6.45) is -5.08. The highest BCUT2D eigenvalue weighted by Gasteiger charge is 2.38. The molecule has 14 heteroatoms. The quantitative estimate of drug-likeness (QED) is 0.303. The Kier molecular flexibility index (Phi) is 10.8. The van der Waals surface area contributed by atoms with Crippen molar-refractivity contribution < 1.29 is 41.0 Å². The van der Waals surface area contributed by atoms with E-state index in [0.717, 1.165) is 43.0 Å². The lowest BCUT2D eigenvalue weighted by molar-refractivity contribution is -0.192. The van der Waals surface area contributed by atoms with Crippen molar-refractivity contribution >= 4 is 33.3 Å². The lowest BCUT2D eigenvalue weighted by Gasteiger charge is -2.31. The molecule has 1 aliphatic heterocycles. The van der Waals surface area contributed by atoms with E-state index in [0.29, 0.717) is 23.5 Å².